The van der Waals surface area contributed by atoms with E-state index in [1.54, 1.807) is 0 Å². The van der Waals surface area contributed by atoms with Crippen LogP contribution >= 0.6 is 11.8 Å². The highest BCUT2D eigenvalue weighted by atomic mass is 32.2. The minimum Gasteiger partial charge on any atom is -0.131 e. The van der Waals surface area contributed by atoms with Crippen molar-refractivity contribution in [3.8, 4) is 0 Å². The van der Waals surface area contributed by atoms with E-state index in [1.165, 1.54) is 29.9 Å². The van der Waals surface area contributed by atoms with Gasteiger partial charge in [-0.25, -0.2) is 0 Å². The fourth-order valence-corrected chi connectivity index (χ4v) is 2.20. The van der Waals surface area contributed by atoms with Gasteiger partial charge in [0.25, 0.3) is 0 Å². The van der Waals surface area contributed by atoms with E-state index in [9.17, 15) is 0 Å². The molecule has 0 N–H and O–H groups in total. The molecule has 90 valence electrons. The third-order valence-corrected chi connectivity index (χ3v) is 3.89. The van der Waals surface area contributed by atoms with Gasteiger partial charge in [0.1, 0.15) is 0 Å². The van der Waals surface area contributed by atoms with Crippen molar-refractivity contribution in [3.05, 3.63) is 11.5 Å². The molecule has 0 aromatic rings. The molecule has 0 amide bonds. The molecular weight excluding hydrogens is 200 g/mol. The van der Waals surface area contributed by atoms with Gasteiger partial charge in [0.15, 0.2) is 0 Å². The summed E-state index contributed by atoms with van der Waals surface area (Å²) in [5, 5.41) is 0. The standard InChI is InChI=1S/C14H28S/c1-12(14(5,6)7)15-11-9-8-10-13(2,3)4/h1,8-11H2,2-7H3. The van der Waals surface area contributed by atoms with Crippen LogP contribution in [0.2, 0.25) is 0 Å². The van der Waals surface area contributed by atoms with Crippen molar-refractivity contribution in [2.75, 3.05) is 5.75 Å². The highest BCUT2D eigenvalue weighted by Crippen LogP contribution is 2.33. The molecule has 0 bridgehead atoms. The zero-order chi connectivity index (χ0) is 12.1. The predicted octanol–water partition coefficient (Wildman–Crippen LogP) is 5.50. The Labute approximate surface area is 101 Å². The molecule has 0 unspecified atom stereocenters. The molecule has 0 aliphatic rings. The first-order valence-electron chi connectivity index (χ1n) is 5.95. The van der Waals surface area contributed by atoms with Gasteiger partial charge < -0.3 is 0 Å². The van der Waals surface area contributed by atoms with Crippen LogP contribution in [0.15, 0.2) is 11.5 Å². The molecule has 15 heavy (non-hydrogen) atoms. The average molecular weight is 228 g/mol. The molecule has 0 saturated carbocycles. The van der Waals surface area contributed by atoms with Crippen molar-refractivity contribution >= 4 is 11.8 Å². The van der Waals surface area contributed by atoms with Gasteiger partial charge in [-0.1, -0.05) is 54.5 Å². The maximum atomic E-state index is 4.14. The summed E-state index contributed by atoms with van der Waals surface area (Å²) in [7, 11) is 0. The van der Waals surface area contributed by atoms with Crippen LogP contribution < -0.4 is 0 Å². The third-order valence-electron chi connectivity index (χ3n) is 2.43. The zero-order valence-corrected chi connectivity index (χ0v) is 12.3. The van der Waals surface area contributed by atoms with Crippen molar-refractivity contribution in [2.45, 2.75) is 60.8 Å². The van der Waals surface area contributed by atoms with Crippen LogP contribution in [0.5, 0.6) is 0 Å². The van der Waals surface area contributed by atoms with E-state index in [0.717, 1.165) is 0 Å². The second-order valence-electron chi connectivity index (χ2n) is 6.54. The summed E-state index contributed by atoms with van der Waals surface area (Å²) in [6.45, 7) is 17.8. The van der Waals surface area contributed by atoms with Gasteiger partial charge in [-0.05, 0) is 34.3 Å². The van der Waals surface area contributed by atoms with E-state index < -0.39 is 0 Å². The largest absolute Gasteiger partial charge is 0.131 e. The van der Waals surface area contributed by atoms with Gasteiger partial charge in [-0.2, -0.15) is 0 Å². The lowest BCUT2D eigenvalue weighted by Gasteiger charge is -2.21. The molecule has 0 rings (SSSR count). The van der Waals surface area contributed by atoms with Crippen LogP contribution in [0.3, 0.4) is 0 Å². The van der Waals surface area contributed by atoms with Crippen LogP contribution in [0.4, 0.5) is 0 Å². The molecule has 0 saturated heterocycles. The Morgan fingerprint density at radius 1 is 1.00 bits per heavy atom. The molecule has 0 heterocycles. The Morgan fingerprint density at radius 3 is 1.93 bits per heavy atom. The summed E-state index contributed by atoms with van der Waals surface area (Å²) >= 11 is 1.94. The number of thioether (sulfide) groups is 1. The molecule has 0 radical (unpaired) electrons. The Balaban J connectivity index is 3.53. The summed E-state index contributed by atoms with van der Waals surface area (Å²) in [4.78, 5) is 1.32. The number of hydrogen-bond donors (Lipinski definition) is 0. The summed E-state index contributed by atoms with van der Waals surface area (Å²) < 4.78 is 0. The molecular formula is C14H28S. The van der Waals surface area contributed by atoms with E-state index >= 15 is 0 Å². The third kappa shape index (κ3) is 9.04. The first-order valence-corrected chi connectivity index (χ1v) is 6.94. The van der Waals surface area contributed by atoms with Crippen LogP contribution in [-0.2, 0) is 0 Å². The van der Waals surface area contributed by atoms with E-state index in [2.05, 4.69) is 48.1 Å². The van der Waals surface area contributed by atoms with Crippen molar-refractivity contribution in [3.63, 3.8) is 0 Å². The van der Waals surface area contributed by atoms with E-state index in [-0.39, 0.29) is 5.41 Å². The maximum Gasteiger partial charge on any atom is -0.00232 e. The molecule has 0 aromatic heterocycles. The lowest BCUT2D eigenvalue weighted by atomic mass is 9.90. The topological polar surface area (TPSA) is 0 Å². The molecule has 0 fully saturated rings. The van der Waals surface area contributed by atoms with Gasteiger partial charge in [0.05, 0.1) is 0 Å². The van der Waals surface area contributed by atoms with Crippen molar-refractivity contribution in [2.24, 2.45) is 10.8 Å². The highest BCUT2D eigenvalue weighted by Gasteiger charge is 2.15. The fraction of sp³-hybridized carbons (Fsp3) is 0.857. The van der Waals surface area contributed by atoms with Gasteiger partial charge in [0.2, 0.25) is 0 Å². The summed E-state index contributed by atoms with van der Waals surface area (Å²) in [5.74, 6) is 1.23. The number of unbranched alkanes of at least 4 members (excludes halogenated alkanes) is 1. The molecule has 0 aliphatic heterocycles. The van der Waals surface area contributed by atoms with Crippen LogP contribution in [0.1, 0.15) is 60.8 Å². The van der Waals surface area contributed by atoms with Crippen LogP contribution in [0.25, 0.3) is 0 Å². The smallest absolute Gasteiger partial charge is 0.00232 e. The second kappa shape index (κ2) is 5.98. The Bertz CT molecular complexity index is 190. The average Bonchev–Trinajstić information content (AvgIpc) is 1.99. The Kier molecular flexibility index (Phi) is 6.02. The molecule has 0 atom stereocenters. The quantitative estimate of drug-likeness (QED) is 0.560. The van der Waals surface area contributed by atoms with Crippen molar-refractivity contribution < 1.29 is 0 Å². The van der Waals surface area contributed by atoms with Crippen molar-refractivity contribution in [1.82, 2.24) is 0 Å². The molecule has 0 aromatic carbocycles. The first kappa shape index (κ1) is 15.1. The minimum absolute atomic E-state index is 0.259. The van der Waals surface area contributed by atoms with Crippen molar-refractivity contribution in [1.29, 1.82) is 0 Å². The first-order chi connectivity index (χ1) is 6.63. The summed E-state index contributed by atoms with van der Waals surface area (Å²) in [6, 6.07) is 0. The Hall–Kier alpha value is 0.0900. The minimum atomic E-state index is 0.259. The molecule has 0 aliphatic carbocycles. The van der Waals surface area contributed by atoms with E-state index in [0.29, 0.717) is 5.41 Å². The molecule has 1 heteroatoms. The van der Waals surface area contributed by atoms with Crippen LogP contribution in [-0.4, -0.2) is 5.75 Å². The van der Waals surface area contributed by atoms with E-state index in [1.807, 2.05) is 11.8 Å². The molecule has 0 nitrogen and oxygen atoms in total. The van der Waals surface area contributed by atoms with Gasteiger partial charge in [-0.15, -0.1) is 11.8 Å². The fourth-order valence-electron chi connectivity index (χ4n) is 1.17. The maximum absolute atomic E-state index is 4.14. The van der Waals surface area contributed by atoms with E-state index in [4.69, 9.17) is 0 Å². The van der Waals surface area contributed by atoms with Crippen LogP contribution in [0, 0.1) is 10.8 Å². The number of hydrogen-bond acceptors (Lipinski definition) is 1. The summed E-state index contributed by atoms with van der Waals surface area (Å²) in [6.07, 6.45) is 3.99. The SMILES string of the molecule is C=C(SCCCCC(C)(C)C)C(C)(C)C. The highest BCUT2D eigenvalue weighted by molar-refractivity contribution is 8.03. The summed E-state index contributed by atoms with van der Waals surface area (Å²) in [5.41, 5.74) is 0.750. The number of rotatable bonds is 5. The Morgan fingerprint density at radius 2 is 1.53 bits per heavy atom. The zero-order valence-electron chi connectivity index (χ0n) is 11.4. The monoisotopic (exact) mass is 228 g/mol. The van der Waals surface area contributed by atoms with Gasteiger partial charge >= 0.3 is 0 Å². The normalized spacial score (nSPS) is 12.9. The van der Waals surface area contributed by atoms with Gasteiger partial charge in [-0.3, -0.25) is 0 Å². The second-order valence-corrected chi connectivity index (χ2v) is 7.73. The predicted molar refractivity (Wildman–Crippen MR) is 74.4 cm³/mol. The lowest BCUT2D eigenvalue weighted by molar-refractivity contribution is 0.364. The molecule has 0 spiro atoms. The number of allylic oxidation sites excluding steroid dienone is 1. The van der Waals surface area contributed by atoms with Gasteiger partial charge in [0, 0.05) is 0 Å². The lowest BCUT2D eigenvalue weighted by Crippen LogP contribution is -2.06.